The Labute approximate surface area is 534 Å². The average Bonchev–Trinajstić information content (AvgIpc) is 1.62. The molecule has 0 aliphatic carbocycles. The molecule has 20 nitrogen and oxygen atoms in total. The van der Waals surface area contributed by atoms with E-state index in [9.17, 15) is 26.4 Å². The highest BCUT2D eigenvalue weighted by molar-refractivity contribution is 9.10. The first-order valence-electron chi connectivity index (χ1n) is 30.0. The van der Waals surface area contributed by atoms with Crippen molar-refractivity contribution in [2.45, 2.75) is 163 Å². The Hall–Kier alpha value is -6.18. The first-order chi connectivity index (χ1) is 41.4. The Kier molecular flexibility index (Phi) is 18.9. The number of alkyl halides is 1. The van der Waals surface area contributed by atoms with Crippen molar-refractivity contribution in [3.63, 3.8) is 0 Å². The molecule has 8 bridgehead atoms. The third kappa shape index (κ3) is 15.0. The summed E-state index contributed by atoms with van der Waals surface area (Å²) in [7, 11) is -8.53. The fourth-order valence-electron chi connectivity index (χ4n) is 12.0. The molecule has 0 saturated carbocycles. The summed E-state index contributed by atoms with van der Waals surface area (Å²) >= 11 is 6.79. The van der Waals surface area contributed by atoms with Crippen LogP contribution in [0.15, 0.2) is 112 Å². The van der Waals surface area contributed by atoms with E-state index in [0.29, 0.717) is 72.2 Å². The SMILES string of the molecule is BrC1COC1.CC(C)(C)c1ccc2c(n1)N1C[C@@H](CCC(c3ccc(Br)cn3)Nc3cccc(n3)S(=O)(=O)NC2=O)CC1(C)C.CC(C)(C)c1ccc2c(n1)N1C[C@@H](CCC(c3ccc(C4COC4)cn3)Nc3cccc(n3)S(=O)(=O)NC2=O)CC1(C)C. The quantitative estimate of drug-likeness (QED) is 0.120. The van der Waals surface area contributed by atoms with Gasteiger partial charge in [-0.3, -0.25) is 19.6 Å². The number of carbonyl (C=O) groups excluding carboxylic acids is 2. The van der Waals surface area contributed by atoms with Crippen LogP contribution in [-0.2, 0) is 40.4 Å². The highest BCUT2D eigenvalue weighted by Crippen LogP contribution is 2.44. The second-order valence-electron chi connectivity index (χ2n) is 27.0. The molecule has 24 heteroatoms. The molecule has 12 rings (SSSR count). The monoisotopic (exact) mass is 1370 g/mol. The molecular formula is C64H80Br2N12O8S2. The summed E-state index contributed by atoms with van der Waals surface area (Å²) in [5.74, 6) is 1.40. The number of hydrogen-bond donors (Lipinski definition) is 4. The zero-order chi connectivity index (χ0) is 63.1. The number of nitrogens with zero attached hydrogens (tertiary/aromatic N) is 8. The first kappa shape index (κ1) is 64.8. The van der Waals surface area contributed by atoms with E-state index in [0.717, 1.165) is 84.6 Å². The molecule has 0 aromatic carbocycles. The van der Waals surface area contributed by atoms with Crippen LogP contribution in [0.2, 0.25) is 0 Å². The molecule has 470 valence electrons. The molecular weight excluding hydrogens is 1290 g/mol. The van der Waals surface area contributed by atoms with Gasteiger partial charge in [-0.2, -0.15) is 16.8 Å². The summed E-state index contributed by atoms with van der Waals surface area (Å²) in [6, 6.07) is 24.1. The second-order valence-corrected chi connectivity index (χ2v) is 32.5. The Morgan fingerprint density at radius 3 is 1.35 bits per heavy atom. The van der Waals surface area contributed by atoms with Crippen molar-refractivity contribution in [2.24, 2.45) is 11.8 Å². The van der Waals surface area contributed by atoms with E-state index in [2.05, 4.69) is 152 Å². The number of carbonyl (C=O) groups is 2. The molecule has 4 N–H and O–H groups in total. The third-order valence-corrected chi connectivity index (χ3v) is 20.5. The number of aromatic nitrogens is 6. The fraction of sp³-hybridized carbons (Fsp3) is 0.500. The number of fused-ring (bicyclic) bond motifs is 12. The largest absolute Gasteiger partial charge is 0.380 e. The number of rotatable bonds is 3. The van der Waals surface area contributed by atoms with E-state index in [4.69, 9.17) is 24.4 Å². The predicted molar refractivity (Wildman–Crippen MR) is 347 cm³/mol. The summed E-state index contributed by atoms with van der Waals surface area (Å²) in [4.78, 5) is 60.3. The van der Waals surface area contributed by atoms with Gasteiger partial charge in [-0.15, -0.1) is 0 Å². The maximum absolute atomic E-state index is 13.6. The summed E-state index contributed by atoms with van der Waals surface area (Å²) in [6.07, 6.45) is 8.81. The molecule has 88 heavy (non-hydrogen) atoms. The van der Waals surface area contributed by atoms with Crippen LogP contribution >= 0.6 is 31.9 Å². The number of halogens is 2. The summed E-state index contributed by atoms with van der Waals surface area (Å²) in [5.41, 5.74) is 3.90. The average molecular weight is 1370 g/mol. The van der Waals surface area contributed by atoms with Crippen LogP contribution in [0.1, 0.15) is 175 Å². The summed E-state index contributed by atoms with van der Waals surface area (Å²) < 4.78 is 69.1. The molecule has 0 radical (unpaired) electrons. The second kappa shape index (κ2) is 25.6. The van der Waals surface area contributed by atoms with Gasteiger partial charge in [-0.05, 0) is 166 Å². The van der Waals surface area contributed by atoms with Gasteiger partial charge in [-0.25, -0.2) is 29.4 Å². The molecule has 4 atom stereocenters. The van der Waals surface area contributed by atoms with Gasteiger partial charge in [-0.1, -0.05) is 75.7 Å². The van der Waals surface area contributed by atoms with Crippen LogP contribution < -0.4 is 29.9 Å². The first-order valence-corrected chi connectivity index (χ1v) is 34.7. The number of nitrogens with one attached hydrogen (secondary N) is 4. The molecule has 6 aromatic rings. The molecule has 0 spiro atoms. The van der Waals surface area contributed by atoms with Gasteiger partial charge >= 0.3 is 0 Å². The predicted octanol–water partition coefficient (Wildman–Crippen LogP) is 11.3. The lowest BCUT2D eigenvalue weighted by atomic mass is 9.90. The minimum atomic E-state index is -4.27. The topological polar surface area (TPSA) is 253 Å². The number of pyridine rings is 6. The van der Waals surface area contributed by atoms with Crippen molar-refractivity contribution in [1.29, 1.82) is 0 Å². The number of amides is 2. The molecule has 6 aliphatic rings. The van der Waals surface area contributed by atoms with Crippen molar-refractivity contribution >= 4 is 87.0 Å². The highest BCUT2D eigenvalue weighted by atomic mass is 79.9. The van der Waals surface area contributed by atoms with Gasteiger partial charge in [0.25, 0.3) is 31.9 Å². The normalized spacial score (nSPS) is 23.2. The van der Waals surface area contributed by atoms with Crippen molar-refractivity contribution < 1.29 is 35.9 Å². The maximum Gasteiger partial charge on any atom is 0.281 e. The fourth-order valence-corrected chi connectivity index (χ4v) is 14.5. The third-order valence-electron chi connectivity index (χ3n) is 17.0. The van der Waals surface area contributed by atoms with Crippen molar-refractivity contribution in [3.05, 3.63) is 141 Å². The number of ether oxygens (including phenoxy) is 2. The zero-order valence-electron chi connectivity index (χ0n) is 51.6. The minimum Gasteiger partial charge on any atom is -0.380 e. The van der Waals surface area contributed by atoms with Gasteiger partial charge < -0.3 is 29.9 Å². The molecule has 2 amide bonds. The highest BCUT2D eigenvalue weighted by Gasteiger charge is 2.44. The van der Waals surface area contributed by atoms with Crippen molar-refractivity contribution in [1.82, 2.24) is 39.3 Å². The standard InChI is InChI=1S/C32H40N6O4S.C29H35BrN6O3S.C3H5BrO/c1-31(2,3)26-14-11-23-29(35-26)38-17-20(15-32(38,4)5)9-12-25(24-13-10-21(16-33-24)22-18-42-19-22)34-27-7-6-8-28(36-27)43(40,41)37-30(23)39;1-28(2,3)23-14-11-20-26(33-23)36-17-18(15-29(36,4)5)9-12-22(21-13-10-19(30)16-31-21)32-24-7-6-8-25(34-24)40(38,39)35-27(20)37;4-3-1-5-2-3/h6-8,10-11,13-14,16,20,22,25H,9,12,15,17-19H2,1-5H3,(H,34,36)(H,37,39);6-8,10-11,13-14,16,18,22H,9,12,15,17H2,1-5H3,(H,32,34)(H,35,37);3H,1-2H2/t20-,25?;18-,22?;/m00./s1. The Morgan fingerprint density at radius 2 is 0.989 bits per heavy atom. The minimum absolute atomic E-state index is 0.187. The Bertz CT molecular complexity index is 3760. The molecule has 12 heterocycles. The molecule has 6 aliphatic heterocycles. The molecule has 4 saturated heterocycles. The van der Waals surface area contributed by atoms with Crippen LogP contribution in [0.3, 0.4) is 0 Å². The van der Waals surface area contributed by atoms with E-state index in [1.807, 2.05) is 30.5 Å². The molecule has 4 fully saturated rings. The number of sulfonamides is 2. The van der Waals surface area contributed by atoms with Crippen LogP contribution in [0.5, 0.6) is 0 Å². The smallest absolute Gasteiger partial charge is 0.281 e. The van der Waals surface area contributed by atoms with Crippen molar-refractivity contribution in [2.75, 3.05) is 60.0 Å². The molecule has 6 aromatic heterocycles. The number of hydrogen-bond acceptors (Lipinski definition) is 18. The van der Waals surface area contributed by atoms with Gasteiger partial charge in [0.05, 0.1) is 65.9 Å². The Morgan fingerprint density at radius 1 is 0.557 bits per heavy atom. The van der Waals surface area contributed by atoms with Crippen molar-refractivity contribution in [3.8, 4) is 0 Å². The van der Waals surface area contributed by atoms with Crippen LogP contribution in [0.25, 0.3) is 0 Å². The van der Waals surface area contributed by atoms with Gasteiger partial charge in [0, 0.05) is 69.2 Å². The van der Waals surface area contributed by atoms with E-state index < -0.39 is 31.9 Å². The van der Waals surface area contributed by atoms with Gasteiger partial charge in [0.2, 0.25) is 0 Å². The maximum atomic E-state index is 13.6. The van der Waals surface area contributed by atoms with Crippen LogP contribution in [0, 0.1) is 11.8 Å². The van der Waals surface area contributed by atoms with E-state index in [1.165, 1.54) is 12.1 Å². The Balaban J connectivity index is 0.000000180. The van der Waals surface area contributed by atoms with Crippen LogP contribution in [0.4, 0.5) is 23.3 Å². The lowest BCUT2D eigenvalue weighted by Gasteiger charge is -2.34. The van der Waals surface area contributed by atoms with Crippen LogP contribution in [-0.4, -0.2) is 114 Å². The zero-order valence-corrected chi connectivity index (χ0v) is 56.4. The van der Waals surface area contributed by atoms with E-state index >= 15 is 0 Å². The lowest BCUT2D eigenvalue weighted by molar-refractivity contribution is 0.00827. The van der Waals surface area contributed by atoms with Gasteiger partial charge in [0.1, 0.15) is 23.3 Å². The summed E-state index contributed by atoms with van der Waals surface area (Å²) in [5, 5.41) is 6.37. The summed E-state index contributed by atoms with van der Waals surface area (Å²) in [6.45, 7) is 25.7. The molecule has 2 unspecified atom stereocenters. The van der Waals surface area contributed by atoms with E-state index in [-0.39, 0.29) is 55.2 Å². The lowest BCUT2D eigenvalue weighted by Crippen LogP contribution is -2.41. The van der Waals surface area contributed by atoms with E-state index in [1.54, 1.807) is 48.7 Å². The van der Waals surface area contributed by atoms with Gasteiger partial charge in [0.15, 0.2) is 10.1 Å². The number of anilines is 4.